The van der Waals surface area contributed by atoms with Crippen LogP contribution in [-0.4, -0.2) is 14.3 Å². The largest absolute Gasteiger partial charge is 0.405 e. The van der Waals surface area contributed by atoms with Crippen molar-refractivity contribution in [3.63, 3.8) is 0 Å². The molecule has 1 nitrogen and oxygen atoms in total. The van der Waals surface area contributed by atoms with E-state index in [1.54, 1.807) is 0 Å². The molecular weight excluding hydrogens is 256 g/mol. The molecule has 0 aromatic heterocycles. The van der Waals surface area contributed by atoms with E-state index >= 15 is 0 Å². The number of rotatable bonds is 3. The van der Waals surface area contributed by atoms with Crippen LogP contribution in [0.1, 0.15) is 20.8 Å². The van der Waals surface area contributed by atoms with Crippen LogP contribution in [0.4, 0.5) is 0 Å². The van der Waals surface area contributed by atoms with Crippen molar-refractivity contribution in [3.05, 3.63) is 30.3 Å². The highest BCUT2D eigenvalue weighted by molar-refractivity contribution is 9.24. The monoisotopic (exact) mass is 272 g/mol. The topological polar surface area (TPSA) is 9.23 Å². The summed E-state index contributed by atoms with van der Waals surface area (Å²) in [6.45, 7) is 7.37. The first kappa shape index (κ1) is 11.9. The fourth-order valence-corrected chi connectivity index (χ4v) is 3.70. The summed E-state index contributed by atoms with van der Waals surface area (Å²) in [6.07, 6.45) is 0. The van der Waals surface area contributed by atoms with Gasteiger partial charge in [-0.15, -0.1) is 0 Å². The Labute approximate surface area is 95.8 Å². The van der Waals surface area contributed by atoms with Crippen molar-refractivity contribution < 1.29 is 4.43 Å². The van der Waals surface area contributed by atoms with E-state index in [4.69, 9.17) is 4.43 Å². The van der Waals surface area contributed by atoms with Gasteiger partial charge in [0.15, 0.2) is 0 Å². The van der Waals surface area contributed by atoms with Crippen molar-refractivity contribution in [1.29, 1.82) is 0 Å². The van der Waals surface area contributed by atoms with Gasteiger partial charge in [0.1, 0.15) is 0 Å². The Bertz CT molecular complexity index is 268. The highest BCUT2D eigenvalue weighted by Gasteiger charge is 2.15. The normalized spacial score (nSPS) is 14.0. The molecule has 0 radical (unpaired) electrons. The van der Waals surface area contributed by atoms with Gasteiger partial charge in [0, 0.05) is 6.61 Å². The van der Waals surface area contributed by atoms with Gasteiger partial charge in [-0.2, -0.15) is 0 Å². The summed E-state index contributed by atoms with van der Waals surface area (Å²) in [6, 6.07) is 10.4. The lowest BCUT2D eigenvalue weighted by molar-refractivity contribution is 0.207. The van der Waals surface area contributed by atoms with Crippen molar-refractivity contribution in [1.82, 2.24) is 0 Å². The third-order valence-corrected chi connectivity index (χ3v) is 5.47. The first-order valence-electron chi connectivity index (χ1n) is 4.80. The minimum absolute atomic E-state index is 0.244. The fraction of sp³-hybridized carbons (Fsp3) is 0.455. The second kappa shape index (κ2) is 5.10. The molecule has 3 heteroatoms. The molecule has 1 aromatic carbocycles. The number of hydrogen-bond donors (Lipinski definition) is 0. The Hall–Kier alpha value is -0.123. The zero-order valence-electron chi connectivity index (χ0n) is 8.96. The van der Waals surface area contributed by atoms with Crippen LogP contribution in [0.5, 0.6) is 0 Å². The molecule has 0 N–H and O–H groups in total. The van der Waals surface area contributed by atoms with Gasteiger partial charge in [-0.25, -0.2) is 0 Å². The molecule has 1 unspecified atom stereocenters. The molecule has 0 aliphatic carbocycles. The van der Waals surface area contributed by atoms with Gasteiger partial charge in [0.05, 0.1) is 0 Å². The van der Waals surface area contributed by atoms with Gasteiger partial charge in [0.25, 0.3) is 7.66 Å². The molecule has 0 spiro atoms. The van der Waals surface area contributed by atoms with Crippen LogP contribution in [0.2, 0.25) is 0 Å². The summed E-state index contributed by atoms with van der Waals surface area (Å²) in [5, 5.41) is 1.30. The standard InChI is InChI=1S/C11H17BrOSi/c1-11(2,3)9-13-14(12)10-7-5-4-6-8-10/h4-8,14H,9H2,1-3H3. The molecule has 1 atom stereocenters. The highest BCUT2D eigenvalue weighted by atomic mass is 79.9. The van der Waals surface area contributed by atoms with Crippen LogP contribution in [0, 0.1) is 5.41 Å². The summed E-state index contributed by atoms with van der Waals surface area (Å²) in [4.78, 5) is 0. The van der Waals surface area contributed by atoms with E-state index in [0.717, 1.165) is 6.61 Å². The lowest BCUT2D eigenvalue weighted by Crippen LogP contribution is -2.30. The van der Waals surface area contributed by atoms with E-state index in [0.29, 0.717) is 0 Å². The molecule has 0 amide bonds. The maximum absolute atomic E-state index is 5.85. The molecule has 0 saturated heterocycles. The third kappa shape index (κ3) is 4.40. The Balaban J connectivity index is 2.48. The number of hydrogen-bond acceptors (Lipinski definition) is 1. The molecule has 1 rings (SSSR count). The summed E-state index contributed by atoms with van der Waals surface area (Å²) in [5.41, 5.74) is 0.244. The minimum Gasteiger partial charge on any atom is -0.405 e. The molecule has 78 valence electrons. The molecule has 0 fully saturated rings. The summed E-state index contributed by atoms with van der Waals surface area (Å²) in [7, 11) is -1.35. The summed E-state index contributed by atoms with van der Waals surface area (Å²) >= 11 is 3.66. The lowest BCUT2D eigenvalue weighted by Gasteiger charge is -2.20. The maximum Gasteiger partial charge on any atom is 0.279 e. The predicted molar refractivity (Wildman–Crippen MR) is 67.6 cm³/mol. The number of halogens is 1. The van der Waals surface area contributed by atoms with Gasteiger partial charge in [-0.05, 0) is 10.6 Å². The van der Waals surface area contributed by atoms with Gasteiger partial charge >= 0.3 is 0 Å². The Morgan fingerprint density at radius 2 is 1.79 bits per heavy atom. The third-order valence-electron chi connectivity index (χ3n) is 1.72. The predicted octanol–water partition coefficient (Wildman–Crippen LogP) is 2.57. The highest BCUT2D eigenvalue weighted by Crippen LogP contribution is 2.14. The molecule has 0 aliphatic heterocycles. The van der Waals surface area contributed by atoms with Crippen molar-refractivity contribution in [2.45, 2.75) is 20.8 Å². The molecular formula is C11H17BrOSi. The van der Waals surface area contributed by atoms with Crippen molar-refractivity contribution in [2.75, 3.05) is 6.61 Å². The molecule has 0 aliphatic rings. The Morgan fingerprint density at radius 3 is 2.29 bits per heavy atom. The summed E-state index contributed by atoms with van der Waals surface area (Å²) in [5.74, 6) is 0. The first-order valence-corrected chi connectivity index (χ1v) is 9.03. The van der Waals surface area contributed by atoms with Gasteiger partial charge in [-0.3, -0.25) is 0 Å². The molecule has 0 heterocycles. The van der Waals surface area contributed by atoms with Gasteiger partial charge in [0.2, 0.25) is 0 Å². The zero-order chi connectivity index (χ0) is 10.6. The van der Waals surface area contributed by atoms with Crippen LogP contribution in [0.25, 0.3) is 0 Å². The fourth-order valence-electron chi connectivity index (χ4n) is 1.02. The average molecular weight is 273 g/mol. The maximum atomic E-state index is 5.85. The van der Waals surface area contributed by atoms with Crippen molar-refractivity contribution in [3.8, 4) is 0 Å². The molecule has 1 aromatic rings. The van der Waals surface area contributed by atoms with E-state index in [1.807, 2.05) is 6.07 Å². The smallest absolute Gasteiger partial charge is 0.279 e. The van der Waals surface area contributed by atoms with Crippen LogP contribution in [0.15, 0.2) is 30.3 Å². The lowest BCUT2D eigenvalue weighted by atomic mass is 9.99. The SMILES string of the molecule is CC(C)(C)CO[SiH](Br)c1ccccc1. The minimum atomic E-state index is -1.35. The van der Waals surface area contributed by atoms with Crippen molar-refractivity contribution in [2.24, 2.45) is 5.41 Å². The van der Waals surface area contributed by atoms with Crippen LogP contribution in [0.3, 0.4) is 0 Å². The molecule has 0 bridgehead atoms. The second-order valence-corrected chi connectivity index (χ2v) is 8.73. The van der Waals surface area contributed by atoms with E-state index in [-0.39, 0.29) is 5.41 Å². The van der Waals surface area contributed by atoms with Gasteiger partial charge < -0.3 is 4.43 Å². The van der Waals surface area contributed by atoms with Crippen molar-refractivity contribution >= 4 is 28.1 Å². The molecule has 14 heavy (non-hydrogen) atoms. The average Bonchev–Trinajstić information content (AvgIpc) is 2.14. The quantitative estimate of drug-likeness (QED) is 0.607. The van der Waals surface area contributed by atoms with E-state index in [9.17, 15) is 0 Å². The van der Waals surface area contributed by atoms with Crippen LogP contribution < -0.4 is 5.19 Å². The Morgan fingerprint density at radius 1 is 1.21 bits per heavy atom. The van der Waals surface area contributed by atoms with E-state index in [2.05, 4.69) is 60.3 Å². The number of benzene rings is 1. The van der Waals surface area contributed by atoms with Gasteiger partial charge in [-0.1, -0.05) is 66.4 Å². The van der Waals surface area contributed by atoms with E-state index in [1.165, 1.54) is 5.19 Å². The molecule has 0 saturated carbocycles. The Kier molecular flexibility index (Phi) is 4.35. The second-order valence-electron chi connectivity index (χ2n) is 4.60. The zero-order valence-corrected chi connectivity index (χ0v) is 11.7. The summed E-state index contributed by atoms with van der Waals surface area (Å²) < 4.78 is 5.85. The van der Waals surface area contributed by atoms with Crippen LogP contribution in [-0.2, 0) is 4.43 Å². The van der Waals surface area contributed by atoms with Crippen LogP contribution >= 0.6 is 15.3 Å². The van der Waals surface area contributed by atoms with E-state index < -0.39 is 7.66 Å². The first-order chi connectivity index (χ1) is 6.49.